The summed E-state index contributed by atoms with van der Waals surface area (Å²) in [5, 5.41) is 16.2. The van der Waals surface area contributed by atoms with Crippen LogP contribution in [0, 0.1) is 0 Å². The predicted octanol–water partition coefficient (Wildman–Crippen LogP) is 4.71. The Morgan fingerprint density at radius 3 is 2.68 bits per heavy atom. The Bertz CT molecular complexity index is 1100. The van der Waals surface area contributed by atoms with Gasteiger partial charge in [0, 0.05) is 17.5 Å². The lowest BCUT2D eigenvalue weighted by molar-refractivity contribution is -0.114. The van der Waals surface area contributed by atoms with Crippen LogP contribution in [-0.4, -0.2) is 16.8 Å². The zero-order chi connectivity index (χ0) is 19.7. The van der Waals surface area contributed by atoms with E-state index in [1.165, 1.54) is 43.1 Å². The Hall–Kier alpha value is -3.45. The van der Waals surface area contributed by atoms with Crippen LogP contribution in [0.15, 0.2) is 75.1 Å². The number of aromatic hydroxyl groups is 1. The minimum Gasteiger partial charge on any atom is -0.507 e. The number of ketones is 1. The van der Waals surface area contributed by atoms with Gasteiger partial charge in [0.05, 0.1) is 28.1 Å². The van der Waals surface area contributed by atoms with E-state index in [1.807, 2.05) is 24.3 Å². The number of thioether (sulfide) groups is 1. The molecule has 1 aromatic heterocycles. The average molecular weight is 392 g/mol. The highest BCUT2D eigenvalue weighted by molar-refractivity contribution is 8.04. The maximum Gasteiger partial charge on any atom is 0.221 e. The lowest BCUT2D eigenvalue weighted by atomic mass is 10.1. The van der Waals surface area contributed by atoms with Crippen molar-refractivity contribution in [2.45, 2.75) is 11.8 Å². The van der Waals surface area contributed by atoms with Crippen molar-refractivity contribution in [3.8, 4) is 5.75 Å². The van der Waals surface area contributed by atoms with Gasteiger partial charge in [-0.25, -0.2) is 0 Å². The number of carbonyl (C=O) groups is 2. The minimum atomic E-state index is -0.372. The number of fused-ring (bicyclic) bond motifs is 1. The number of hydrogen-bond acceptors (Lipinski definition) is 6. The van der Waals surface area contributed by atoms with Crippen LogP contribution in [0.25, 0.3) is 5.70 Å². The lowest BCUT2D eigenvalue weighted by Gasteiger charge is -2.22. The fourth-order valence-corrected chi connectivity index (χ4v) is 3.94. The molecule has 2 aromatic carbocycles. The van der Waals surface area contributed by atoms with Crippen molar-refractivity contribution in [2.75, 3.05) is 10.6 Å². The van der Waals surface area contributed by atoms with E-state index in [0.29, 0.717) is 22.0 Å². The van der Waals surface area contributed by atoms with Gasteiger partial charge in [0.2, 0.25) is 11.7 Å². The predicted molar refractivity (Wildman–Crippen MR) is 108 cm³/mol. The molecule has 6 nitrogen and oxygen atoms in total. The molecule has 3 N–H and O–H groups in total. The van der Waals surface area contributed by atoms with Crippen LogP contribution in [0.5, 0.6) is 5.75 Å². The van der Waals surface area contributed by atoms with E-state index in [9.17, 15) is 14.7 Å². The highest BCUT2D eigenvalue weighted by Crippen LogP contribution is 2.44. The standard InChI is InChI=1S/C21H16N2O4S/c1-12(24)22-13-8-9-16(25)14(11-13)20(26)21-19(17-6-4-10-27-17)23-15-5-2-3-7-18(15)28-21/h2-11,23,25H,1H3,(H,22,24). The van der Waals surface area contributed by atoms with Gasteiger partial charge in [-0.3, -0.25) is 9.59 Å². The molecule has 1 aliphatic heterocycles. The molecule has 0 bridgehead atoms. The highest BCUT2D eigenvalue weighted by Gasteiger charge is 2.28. The van der Waals surface area contributed by atoms with Gasteiger partial charge in [-0.15, -0.1) is 0 Å². The summed E-state index contributed by atoms with van der Waals surface area (Å²) < 4.78 is 5.51. The number of hydrogen-bond donors (Lipinski definition) is 3. The molecule has 0 aliphatic carbocycles. The number of phenolic OH excluding ortho intramolecular Hbond substituents is 1. The van der Waals surface area contributed by atoms with Gasteiger partial charge < -0.3 is 20.2 Å². The number of benzene rings is 2. The van der Waals surface area contributed by atoms with E-state index < -0.39 is 0 Å². The molecule has 0 atom stereocenters. The van der Waals surface area contributed by atoms with E-state index >= 15 is 0 Å². The second-order valence-corrected chi connectivity index (χ2v) is 7.20. The van der Waals surface area contributed by atoms with Crippen LogP contribution in [-0.2, 0) is 4.79 Å². The Balaban J connectivity index is 1.81. The normalized spacial score (nSPS) is 12.9. The third-order valence-electron chi connectivity index (χ3n) is 4.12. The topological polar surface area (TPSA) is 91.6 Å². The molecule has 0 saturated carbocycles. The van der Waals surface area contributed by atoms with Crippen molar-refractivity contribution in [1.29, 1.82) is 0 Å². The summed E-state index contributed by atoms with van der Waals surface area (Å²) in [6.07, 6.45) is 1.53. The molecule has 0 saturated heterocycles. The molecule has 2 heterocycles. The van der Waals surface area contributed by atoms with Gasteiger partial charge >= 0.3 is 0 Å². The first-order chi connectivity index (χ1) is 13.5. The maximum atomic E-state index is 13.3. The second-order valence-electron chi connectivity index (χ2n) is 6.15. The van der Waals surface area contributed by atoms with Crippen molar-refractivity contribution in [3.63, 3.8) is 0 Å². The van der Waals surface area contributed by atoms with Gasteiger partial charge in [0.1, 0.15) is 5.75 Å². The first-order valence-corrected chi connectivity index (χ1v) is 9.32. The molecular formula is C21H16N2O4S. The smallest absolute Gasteiger partial charge is 0.221 e. The minimum absolute atomic E-state index is 0.0963. The number of nitrogens with one attached hydrogen (secondary N) is 2. The molecule has 0 spiro atoms. The first kappa shape index (κ1) is 17.9. The van der Waals surface area contributed by atoms with Gasteiger partial charge in [0.15, 0.2) is 5.76 Å². The van der Waals surface area contributed by atoms with Crippen molar-refractivity contribution >= 4 is 40.5 Å². The van der Waals surface area contributed by atoms with E-state index in [-0.39, 0.29) is 23.0 Å². The Labute approximate surface area is 165 Å². The fraction of sp³-hybridized carbons (Fsp3) is 0.0476. The zero-order valence-corrected chi connectivity index (χ0v) is 15.7. The van der Waals surface area contributed by atoms with Gasteiger partial charge in [-0.1, -0.05) is 23.9 Å². The average Bonchev–Trinajstić information content (AvgIpc) is 3.22. The van der Waals surface area contributed by atoms with Crippen LogP contribution >= 0.6 is 11.8 Å². The van der Waals surface area contributed by atoms with Gasteiger partial charge in [-0.05, 0) is 42.5 Å². The fourth-order valence-electron chi connectivity index (χ4n) is 2.89. The van der Waals surface area contributed by atoms with Gasteiger partial charge in [-0.2, -0.15) is 0 Å². The van der Waals surface area contributed by atoms with Crippen molar-refractivity contribution in [1.82, 2.24) is 0 Å². The Morgan fingerprint density at radius 2 is 1.93 bits per heavy atom. The van der Waals surface area contributed by atoms with Crippen molar-refractivity contribution in [2.24, 2.45) is 0 Å². The first-order valence-electron chi connectivity index (χ1n) is 8.50. The lowest BCUT2D eigenvalue weighted by Crippen LogP contribution is -2.13. The van der Waals surface area contributed by atoms with Crippen LogP contribution < -0.4 is 10.6 Å². The summed E-state index contributed by atoms with van der Waals surface area (Å²) in [4.78, 5) is 26.0. The second kappa shape index (κ2) is 7.28. The number of furan rings is 1. The summed E-state index contributed by atoms with van der Waals surface area (Å²) >= 11 is 1.30. The number of para-hydroxylation sites is 1. The molecule has 0 unspecified atom stereocenters. The van der Waals surface area contributed by atoms with E-state index in [1.54, 1.807) is 12.1 Å². The molecule has 1 aliphatic rings. The number of amides is 1. The van der Waals surface area contributed by atoms with E-state index in [0.717, 1.165) is 10.6 Å². The summed E-state index contributed by atoms with van der Waals surface area (Å²) in [5.74, 6) is -0.280. The third-order valence-corrected chi connectivity index (χ3v) is 5.29. The molecule has 1 amide bonds. The molecule has 0 radical (unpaired) electrons. The van der Waals surface area contributed by atoms with Gasteiger partial charge in [0.25, 0.3) is 0 Å². The quantitative estimate of drug-likeness (QED) is 0.440. The number of Topliss-reactive ketones (excluding diaryl/α,β-unsaturated/α-hetero) is 1. The van der Waals surface area contributed by atoms with E-state index in [4.69, 9.17) is 4.42 Å². The maximum absolute atomic E-state index is 13.3. The monoisotopic (exact) mass is 392 g/mol. The van der Waals surface area contributed by atoms with Crippen LogP contribution in [0.1, 0.15) is 23.0 Å². The van der Waals surface area contributed by atoms with Crippen LogP contribution in [0.4, 0.5) is 11.4 Å². The molecule has 0 fully saturated rings. The molecule has 4 rings (SSSR count). The van der Waals surface area contributed by atoms with Crippen LogP contribution in [0.2, 0.25) is 0 Å². The van der Waals surface area contributed by atoms with E-state index in [2.05, 4.69) is 10.6 Å². The molecule has 28 heavy (non-hydrogen) atoms. The number of carbonyl (C=O) groups excluding carboxylic acids is 2. The Kier molecular flexibility index (Phi) is 4.67. The molecule has 140 valence electrons. The van der Waals surface area contributed by atoms with Crippen molar-refractivity contribution in [3.05, 3.63) is 77.1 Å². The summed E-state index contributed by atoms with van der Waals surface area (Å²) in [5.41, 5.74) is 1.93. The number of allylic oxidation sites excluding steroid dienone is 1. The summed E-state index contributed by atoms with van der Waals surface area (Å²) in [6, 6.07) is 15.5. The van der Waals surface area contributed by atoms with Crippen LogP contribution in [0.3, 0.4) is 0 Å². The summed E-state index contributed by atoms with van der Waals surface area (Å²) in [6.45, 7) is 1.38. The highest BCUT2D eigenvalue weighted by atomic mass is 32.2. The largest absolute Gasteiger partial charge is 0.507 e. The molecular weight excluding hydrogens is 376 g/mol. The summed E-state index contributed by atoms with van der Waals surface area (Å²) in [7, 11) is 0. The van der Waals surface area contributed by atoms with Crippen molar-refractivity contribution < 1.29 is 19.1 Å². The molecule has 3 aromatic rings. The Morgan fingerprint density at radius 1 is 1.11 bits per heavy atom. The number of anilines is 2. The third kappa shape index (κ3) is 3.39. The SMILES string of the molecule is CC(=O)Nc1ccc(O)c(C(=O)C2=C(c3ccco3)Nc3ccccc3S2)c1. The zero-order valence-electron chi connectivity index (χ0n) is 14.9. The number of phenols is 1. The molecule has 7 heteroatoms. The number of rotatable bonds is 4.